The number of nitrogens with one attached hydrogen (secondary N) is 1. The summed E-state index contributed by atoms with van der Waals surface area (Å²) in [5.74, 6) is 0.0130. The van der Waals surface area contributed by atoms with E-state index in [1.54, 1.807) is 17.0 Å². The molecule has 8 heteroatoms. The third kappa shape index (κ3) is 3.43. The molecule has 0 aromatic carbocycles. The van der Waals surface area contributed by atoms with Crippen molar-refractivity contribution in [3.8, 4) is 0 Å². The monoisotopic (exact) mass is 348 g/mol. The second-order valence-electron chi connectivity index (χ2n) is 5.72. The number of rotatable bonds is 4. The lowest BCUT2D eigenvalue weighted by atomic mass is 10.1. The summed E-state index contributed by atoms with van der Waals surface area (Å²) in [6, 6.07) is 3.26. The molecule has 3 heterocycles. The maximum absolute atomic E-state index is 12.5. The smallest absolute Gasteiger partial charge is 0.289 e. The van der Waals surface area contributed by atoms with Gasteiger partial charge in [0.1, 0.15) is 4.88 Å². The first-order chi connectivity index (χ1) is 11.6. The van der Waals surface area contributed by atoms with Crippen LogP contribution in [0, 0.1) is 0 Å². The minimum absolute atomic E-state index is 0.0850. The number of anilines is 1. The SMILES string of the molecule is CCc1nc(N)sc1C(=O)NC1CCCN(C(=O)c2ccco2)C1. The molecule has 1 saturated heterocycles. The van der Waals surface area contributed by atoms with Crippen LogP contribution in [-0.4, -0.2) is 40.8 Å². The Morgan fingerprint density at radius 3 is 3.08 bits per heavy atom. The average molecular weight is 348 g/mol. The van der Waals surface area contributed by atoms with Gasteiger partial charge in [0.25, 0.3) is 11.8 Å². The number of carbonyl (C=O) groups excluding carboxylic acids is 2. The van der Waals surface area contributed by atoms with E-state index in [2.05, 4.69) is 10.3 Å². The van der Waals surface area contributed by atoms with Crippen molar-refractivity contribution >= 4 is 28.3 Å². The molecule has 0 bridgehead atoms. The summed E-state index contributed by atoms with van der Waals surface area (Å²) >= 11 is 1.20. The molecule has 3 rings (SSSR count). The van der Waals surface area contributed by atoms with Crippen molar-refractivity contribution in [1.82, 2.24) is 15.2 Å². The summed E-state index contributed by atoms with van der Waals surface area (Å²) in [5, 5.41) is 3.40. The van der Waals surface area contributed by atoms with E-state index in [0.717, 1.165) is 12.8 Å². The Morgan fingerprint density at radius 2 is 2.38 bits per heavy atom. The molecule has 3 N–H and O–H groups in total. The van der Waals surface area contributed by atoms with E-state index in [4.69, 9.17) is 10.2 Å². The van der Waals surface area contributed by atoms with Crippen LogP contribution >= 0.6 is 11.3 Å². The third-order valence-corrected chi connectivity index (χ3v) is 4.96. The molecule has 128 valence electrons. The lowest BCUT2D eigenvalue weighted by Gasteiger charge is -2.32. The first-order valence-electron chi connectivity index (χ1n) is 7.97. The number of furan rings is 1. The number of nitrogens with zero attached hydrogens (tertiary/aromatic N) is 2. The van der Waals surface area contributed by atoms with Crippen LogP contribution in [-0.2, 0) is 6.42 Å². The summed E-state index contributed by atoms with van der Waals surface area (Å²) in [4.78, 5) is 31.3. The first kappa shape index (κ1) is 16.5. The van der Waals surface area contributed by atoms with E-state index in [-0.39, 0.29) is 17.9 Å². The van der Waals surface area contributed by atoms with E-state index in [1.165, 1.54) is 17.6 Å². The lowest BCUT2D eigenvalue weighted by molar-refractivity contribution is 0.0647. The number of nitrogen functional groups attached to an aromatic ring is 1. The van der Waals surface area contributed by atoms with E-state index in [0.29, 0.717) is 41.0 Å². The number of likely N-dealkylation sites (tertiary alicyclic amines) is 1. The molecule has 7 nitrogen and oxygen atoms in total. The summed E-state index contributed by atoms with van der Waals surface area (Å²) in [6.45, 7) is 3.08. The molecule has 1 aliphatic heterocycles. The minimum atomic E-state index is -0.168. The molecule has 2 aromatic heterocycles. The molecule has 2 amide bonds. The number of hydrogen-bond donors (Lipinski definition) is 2. The van der Waals surface area contributed by atoms with E-state index < -0.39 is 0 Å². The fraction of sp³-hybridized carbons (Fsp3) is 0.438. The highest BCUT2D eigenvalue weighted by molar-refractivity contribution is 7.17. The topological polar surface area (TPSA) is 101 Å². The van der Waals surface area contributed by atoms with Crippen molar-refractivity contribution < 1.29 is 14.0 Å². The van der Waals surface area contributed by atoms with Gasteiger partial charge in [0.2, 0.25) is 0 Å². The molecule has 1 unspecified atom stereocenters. The number of amides is 2. The summed E-state index contributed by atoms with van der Waals surface area (Å²) in [5.41, 5.74) is 6.42. The summed E-state index contributed by atoms with van der Waals surface area (Å²) < 4.78 is 5.17. The molecule has 0 radical (unpaired) electrons. The second kappa shape index (κ2) is 7.04. The van der Waals surface area contributed by atoms with Gasteiger partial charge < -0.3 is 20.4 Å². The van der Waals surface area contributed by atoms with Gasteiger partial charge in [0, 0.05) is 19.1 Å². The Hall–Kier alpha value is -2.35. The van der Waals surface area contributed by atoms with Crippen molar-refractivity contribution in [3.63, 3.8) is 0 Å². The van der Waals surface area contributed by atoms with Gasteiger partial charge in [-0.05, 0) is 31.4 Å². The van der Waals surface area contributed by atoms with Crippen LogP contribution in [0.15, 0.2) is 22.8 Å². The predicted molar refractivity (Wildman–Crippen MR) is 91.0 cm³/mol. The van der Waals surface area contributed by atoms with Gasteiger partial charge in [0.15, 0.2) is 10.9 Å². The van der Waals surface area contributed by atoms with Crippen LogP contribution in [0.25, 0.3) is 0 Å². The average Bonchev–Trinajstić information content (AvgIpc) is 3.23. The van der Waals surface area contributed by atoms with E-state index in [9.17, 15) is 9.59 Å². The number of aryl methyl sites for hydroxylation is 1. The Bertz CT molecular complexity index is 726. The lowest BCUT2D eigenvalue weighted by Crippen LogP contribution is -2.49. The van der Waals surface area contributed by atoms with Gasteiger partial charge in [-0.3, -0.25) is 9.59 Å². The molecule has 1 aliphatic rings. The zero-order valence-corrected chi connectivity index (χ0v) is 14.3. The number of thiazole rings is 1. The predicted octanol–water partition coefficient (Wildman–Crippen LogP) is 1.92. The molecule has 0 aliphatic carbocycles. The van der Waals surface area contributed by atoms with Gasteiger partial charge in [-0.2, -0.15) is 0 Å². The number of carbonyl (C=O) groups is 2. The Labute approximate surface area is 143 Å². The molecule has 0 saturated carbocycles. The van der Waals surface area contributed by atoms with E-state index in [1.807, 2.05) is 6.92 Å². The number of piperidine rings is 1. The Balaban J connectivity index is 1.65. The maximum Gasteiger partial charge on any atom is 0.289 e. The number of aromatic nitrogens is 1. The quantitative estimate of drug-likeness (QED) is 0.879. The second-order valence-corrected chi connectivity index (χ2v) is 6.75. The fourth-order valence-corrected chi connectivity index (χ4v) is 3.70. The number of nitrogens with two attached hydrogens (primary N) is 1. The highest BCUT2D eigenvalue weighted by Gasteiger charge is 2.28. The normalized spacial score (nSPS) is 17.7. The maximum atomic E-state index is 12.5. The van der Waals surface area contributed by atoms with Gasteiger partial charge in [-0.15, -0.1) is 0 Å². The van der Waals surface area contributed by atoms with Gasteiger partial charge in [-0.25, -0.2) is 4.98 Å². The minimum Gasteiger partial charge on any atom is -0.459 e. The van der Waals surface area contributed by atoms with Crippen molar-refractivity contribution in [2.45, 2.75) is 32.2 Å². The molecule has 1 atom stereocenters. The van der Waals surface area contributed by atoms with E-state index >= 15 is 0 Å². The standard InChI is InChI=1S/C16H20N4O3S/c1-2-11-13(24-16(17)19-11)14(21)18-10-5-3-7-20(9-10)15(22)12-6-4-8-23-12/h4,6,8,10H,2-3,5,7,9H2,1H3,(H2,17,19)(H,18,21). The van der Waals surface area contributed by atoms with Gasteiger partial charge in [0.05, 0.1) is 12.0 Å². The van der Waals surface area contributed by atoms with Crippen molar-refractivity contribution in [2.24, 2.45) is 0 Å². The zero-order chi connectivity index (χ0) is 17.1. The van der Waals surface area contributed by atoms with Crippen molar-refractivity contribution in [1.29, 1.82) is 0 Å². The zero-order valence-electron chi connectivity index (χ0n) is 13.4. The first-order valence-corrected chi connectivity index (χ1v) is 8.79. The van der Waals surface area contributed by atoms with Crippen LogP contribution in [0.2, 0.25) is 0 Å². The summed E-state index contributed by atoms with van der Waals surface area (Å²) in [7, 11) is 0. The highest BCUT2D eigenvalue weighted by atomic mass is 32.1. The molecular formula is C16H20N4O3S. The highest BCUT2D eigenvalue weighted by Crippen LogP contribution is 2.22. The van der Waals surface area contributed by atoms with Crippen LogP contribution in [0.4, 0.5) is 5.13 Å². The largest absolute Gasteiger partial charge is 0.459 e. The molecule has 0 spiro atoms. The van der Waals surface area contributed by atoms with Crippen molar-refractivity contribution in [2.75, 3.05) is 18.8 Å². The van der Waals surface area contributed by atoms with Crippen LogP contribution in [0.1, 0.15) is 45.7 Å². The third-order valence-electron chi connectivity index (χ3n) is 4.03. The molecular weight excluding hydrogens is 328 g/mol. The number of hydrogen-bond acceptors (Lipinski definition) is 6. The van der Waals surface area contributed by atoms with Crippen LogP contribution < -0.4 is 11.1 Å². The van der Waals surface area contributed by atoms with Crippen LogP contribution in [0.5, 0.6) is 0 Å². The van der Waals surface area contributed by atoms with Gasteiger partial charge in [-0.1, -0.05) is 18.3 Å². The molecule has 1 fully saturated rings. The van der Waals surface area contributed by atoms with Gasteiger partial charge >= 0.3 is 0 Å². The Kier molecular flexibility index (Phi) is 4.84. The molecule has 24 heavy (non-hydrogen) atoms. The van der Waals surface area contributed by atoms with Crippen LogP contribution in [0.3, 0.4) is 0 Å². The van der Waals surface area contributed by atoms with Crippen molar-refractivity contribution in [3.05, 3.63) is 34.7 Å². The molecule has 2 aromatic rings. The summed E-state index contributed by atoms with van der Waals surface area (Å²) in [6.07, 6.45) is 3.81. The Morgan fingerprint density at radius 1 is 1.54 bits per heavy atom. The fourth-order valence-electron chi connectivity index (χ4n) is 2.87.